The van der Waals surface area contributed by atoms with Crippen molar-refractivity contribution in [1.82, 2.24) is 19.7 Å². The van der Waals surface area contributed by atoms with Gasteiger partial charge in [-0.3, -0.25) is 9.36 Å². The van der Waals surface area contributed by atoms with Crippen molar-refractivity contribution < 1.29 is 4.42 Å². The highest BCUT2D eigenvalue weighted by molar-refractivity contribution is 7.71. The highest BCUT2D eigenvalue weighted by atomic mass is 32.1. The first-order valence-electron chi connectivity index (χ1n) is 8.20. The Morgan fingerprint density at radius 3 is 2.73 bits per heavy atom. The molecule has 0 radical (unpaired) electrons. The summed E-state index contributed by atoms with van der Waals surface area (Å²) in [6.45, 7) is 2.24. The minimum Gasteiger partial charge on any atom is -0.412 e. The fourth-order valence-corrected chi connectivity index (χ4v) is 3.66. The number of rotatable bonds is 2. The van der Waals surface area contributed by atoms with Crippen molar-refractivity contribution in [2.24, 2.45) is 0 Å². The highest BCUT2D eigenvalue weighted by Gasteiger charge is 2.17. The van der Waals surface area contributed by atoms with Crippen molar-refractivity contribution in [2.45, 2.75) is 13.5 Å². The van der Waals surface area contributed by atoms with Gasteiger partial charge in [0.1, 0.15) is 6.54 Å². The fraction of sp³-hybridized carbons (Fsp3) is 0.105. The van der Waals surface area contributed by atoms with Crippen LogP contribution in [0.1, 0.15) is 11.5 Å². The van der Waals surface area contributed by atoms with E-state index >= 15 is 0 Å². The second kappa shape index (κ2) is 5.40. The molecule has 0 aliphatic rings. The summed E-state index contributed by atoms with van der Waals surface area (Å²) in [5.74, 6) is 0.371. The summed E-state index contributed by atoms with van der Waals surface area (Å²) in [6, 6.07) is 13.8. The van der Waals surface area contributed by atoms with Crippen molar-refractivity contribution in [3.8, 4) is 0 Å². The van der Waals surface area contributed by atoms with Gasteiger partial charge < -0.3 is 9.40 Å². The van der Waals surface area contributed by atoms with Crippen molar-refractivity contribution in [1.29, 1.82) is 0 Å². The molecular formula is C19H14N4O2S. The minimum atomic E-state index is -0.0837. The number of aromatic nitrogens is 4. The molecule has 5 rings (SSSR count). The molecule has 0 spiro atoms. The lowest BCUT2D eigenvalue weighted by Crippen LogP contribution is -2.21. The molecule has 2 N–H and O–H groups in total. The Morgan fingerprint density at radius 1 is 1.15 bits per heavy atom. The predicted octanol–water partition coefficient (Wildman–Crippen LogP) is 4.04. The van der Waals surface area contributed by atoms with Crippen LogP contribution in [0, 0.1) is 11.8 Å². The van der Waals surface area contributed by atoms with Gasteiger partial charge in [-0.1, -0.05) is 29.8 Å². The SMILES string of the molecule is Cc1ccc2[nH]c3c4ccccc4c(=O)n(Cc4n[nH]c(=S)o4)c3c2c1. The van der Waals surface area contributed by atoms with E-state index in [0.29, 0.717) is 11.3 Å². The third-order valence-corrected chi connectivity index (χ3v) is 4.82. The van der Waals surface area contributed by atoms with Gasteiger partial charge in [-0.05, 0) is 37.3 Å². The molecule has 0 saturated carbocycles. The van der Waals surface area contributed by atoms with E-state index in [0.717, 1.165) is 32.9 Å². The number of fused-ring (bicyclic) bond motifs is 5. The maximum absolute atomic E-state index is 13.2. The smallest absolute Gasteiger partial charge is 0.284 e. The number of nitrogens with zero attached hydrogens (tertiary/aromatic N) is 2. The third kappa shape index (κ3) is 2.14. The Balaban J connectivity index is 1.98. The number of nitrogens with one attached hydrogen (secondary N) is 2. The second-order valence-corrected chi connectivity index (χ2v) is 6.71. The molecule has 2 aromatic carbocycles. The summed E-state index contributed by atoms with van der Waals surface area (Å²) in [4.78, 5) is 16.9. The summed E-state index contributed by atoms with van der Waals surface area (Å²) >= 11 is 4.95. The van der Waals surface area contributed by atoms with E-state index < -0.39 is 0 Å². The Morgan fingerprint density at radius 2 is 1.96 bits per heavy atom. The fourth-order valence-electron chi connectivity index (χ4n) is 3.52. The second-order valence-electron chi connectivity index (χ2n) is 6.34. The Labute approximate surface area is 152 Å². The van der Waals surface area contributed by atoms with Crippen LogP contribution in [0.2, 0.25) is 0 Å². The third-order valence-electron chi connectivity index (χ3n) is 4.64. The lowest BCUT2D eigenvalue weighted by molar-refractivity contribution is 0.467. The molecule has 26 heavy (non-hydrogen) atoms. The monoisotopic (exact) mass is 362 g/mol. The quantitative estimate of drug-likeness (QED) is 0.465. The summed E-state index contributed by atoms with van der Waals surface area (Å²) in [6.07, 6.45) is 0. The Hall–Kier alpha value is -3.19. The number of benzene rings is 2. The van der Waals surface area contributed by atoms with Crippen LogP contribution in [-0.4, -0.2) is 19.7 Å². The predicted molar refractivity (Wildman–Crippen MR) is 103 cm³/mol. The van der Waals surface area contributed by atoms with Crippen LogP contribution in [0.25, 0.3) is 32.7 Å². The number of hydrogen-bond acceptors (Lipinski definition) is 4. The van der Waals surface area contributed by atoms with Gasteiger partial charge in [0.05, 0.1) is 11.0 Å². The van der Waals surface area contributed by atoms with E-state index in [1.807, 2.05) is 37.3 Å². The Kier molecular flexibility index (Phi) is 3.14. The van der Waals surface area contributed by atoms with Gasteiger partial charge in [0, 0.05) is 21.7 Å². The molecule has 0 unspecified atom stereocenters. The molecule has 0 saturated heterocycles. The molecule has 7 heteroatoms. The van der Waals surface area contributed by atoms with Crippen LogP contribution in [-0.2, 0) is 6.54 Å². The molecule has 0 amide bonds. The first-order chi connectivity index (χ1) is 12.6. The average Bonchev–Trinajstić information content (AvgIpc) is 3.22. The summed E-state index contributed by atoms with van der Waals surface area (Å²) in [7, 11) is 0. The van der Waals surface area contributed by atoms with E-state index in [9.17, 15) is 4.79 Å². The maximum atomic E-state index is 13.2. The van der Waals surface area contributed by atoms with Crippen LogP contribution in [0.3, 0.4) is 0 Å². The average molecular weight is 362 g/mol. The first-order valence-corrected chi connectivity index (χ1v) is 8.60. The first kappa shape index (κ1) is 15.1. The van der Waals surface area contributed by atoms with Gasteiger partial charge in [0.25, 0.3) is 10.4 Å². The highest BCUT2D eigenvalue weighted by Crippen LogP contribution is 2.30. The summed E-state index contributed by atoms with van der Waals surface area (Å²) < 4.78 is 7.09. The van der Waals surface area contributed by atoms with Crippen LogP contribution < -0.4 is 5.56 Å². The van der Waals surface area contributed by atoms with Crippen molar-refractivity contribution in [2.75, 3.05) is 0 Å². The van der Waals surface area contributed by atoms with Gasteiger partial charge in [-0.15, -0.1) is 5.10 Å². The molecule has 0 bridgehead atoms. The zero-order valence-electron chi connectivity index (χ0n) is 13.9. The van der Waals surface area contributed by atoms with Gasteiger partial charge in [-0.25, -0.2) is 5.10 Å². The lowest BCUT2D eigenvalue weighted by Gasteiger charge is -2.09. The van der Waals surface area contributed by atoms with Gasteiger partial charge in [-0.2, -0.15) is 0 Å². The van der Waals surface area contributed by atoms with Crippen molar-refractivity contribution in [3.63, 3.8) is 0 Å². The van der Waals surface area contributed by atoms with Crippen LogP contribution >= 0.6 is 12.2 Å². The molecule has 0 aliphatic carbocycles. The molecular weight excluding hydrogens is 348 g/mol. The molecule has 5 aromatic rings. The molecule has 0 atom stereocenters. The number of aromatic amines is 2. The van der Waals surface area contributed by atoms with Gasteiger partial charge in [0.2, 0.25) is 5.89 Å². The lowest BCUT2D eigenvalue weighted by atomic mass is 10.1. The number of aryl methyl sites for hydroxylation is 1. The van der Waals surface area contributed by atoms with E-state index in [4.69, 9.17) is 16.6 Å². The number of H-pyrrole nitrogens is 2. The van der Waals surface area contributed by atoms with Crippen molar-refractivity contribution in [3.05, 3.63) is 69.1 Å². The van der Waals surface area contributed by atoms with E-state index in [-0.39, 0.29) is 16.9 Å². The largest absolute Gasteiger partial charge is 0.412 e. The van der Waals surface area contributed by atoms with Gasteiger partial charge >= 0.3 is 0 Å². The zero-order chi connectivity index (χ0) is 17.8. The standard InChI is InChI=1S/C19H14N4O2S/c1-10-6-7-14-13(8-10)17-16(20-14)11-4-2-3-5-12(11)18(24)23(17)9-15-21-22-19(26)25-15/h2-8,20H,9H2,1H3,(H,22,26). The summed E-state index contributed by atoms with van der Waals surface area (Å²) in [5.41, 5.74) is 3.80. The van der Waals surface area contributed by atoms with E-state index in [2.05, 4.69) is 27.3 Å². The minimum absolute atomic E-state index is 0.0837. The zero-order valence-corrected chi connectivity index (χ0v) is 14.7. The Bertz CT molecular complexity index is 1420. The molecule has 6 nitrogen and oxygen atoms in total. The molecule has 3 heterocycles. The van der Waals surface area contributed by atoms with E-state index in [1.165, 1.54) is 0 Å². The number of hydrogen-bond donors (Lipinski definition) is 2. The summed E-state index contributed by atoms with van der Waals surface area (Å²) in [5, 5.41) is 9.21. The van der Waals surface area contributed by atoms with E-state index in [1.54, 1.807) is 4.57 Å². The molecule has 0 fully saturated rings. The number of pyridine rings is 1. The topological polar surface area (TPSA) is 79.6 Å². The normalized spacial score (nSPS) is 11.7. The van der Waals surface area contributed by atoms with Crippen molar-refractivity contribution >= 4 is 44.9 Å². The molecule has 128 valence electrons. The van der Waals surface area contributed by atoms with Crippen LogP contribution in [0.15, 0.2) is 51.7 Å². The van der Waals surface area contributed by atoms with Crippen LogP contribution in [0.5, 0.6) is 0 Å². The van der Waals surface area contributed by atoms with Crippen LogP contribution in [0.4, 0.5) is 0 Å². The maximum Gasteiger partial charge on any atom is 0.284 e. The molecule has 3 aromatic heterocycles. The molecule has 0 aliphatic heterocycles. The van der Waals surface area contributed by atoms with Gasteiger partial charge in [0.15, 0.2) is 0 Å².